The second-order valence-corrected chi connectivity index (χ2v) is 8.24. The number of hydrogen-bond donors (Lipinski definition) is 1. The van der Waals surface area contributed by atoms with Gasteiger partial charge in [0.25, 0.3) is 0 Å². The number of ketones is 1. The van der Waals surface area contributed by atoms with E-state index in [-0.39, 0.29) is 36.6 Å². The van der Waals surface area contributed by atoms with Gasteiger partial charge in [0.2, 0.25) is 0 Å². The number of thiol groups is 1. The normalized spacial score (nSPS) is 17.4. The Morgan fingerprint density at radius 1 is 1.33 bits per heavy atom. The number of aromatic nitrogens is 2. The molecule has 174 valence electrons. The molecule has 1 aliphatic carbocycles. The van der Waals surface area contributed by atoms with Crippen molar-refractivity contribution in [3.05, 3.63) is 82.6 Å². The third kappa shape index (κ3) is 5.94. The SMILES string of the molecule is CCOC(=O)Cn1cc(/C=C2\C=CN(C(C(=O)C3CC3)c3ccccc3F)C=C2S)cn1.Cl. The van der Waals surface area contributed by atoms with E-state index in [9.17, 15) is 14.0 Å². The van der Waals surface area contributed by atoms with E-state index >= 15 is 0 Å². The number of carbonyl (C=O) groups is 2. The smallest absolute Gasteiger partial charge is 0.327 e. The Labute approximate surface area is 203 Å². The van der Waals surface area contributed by atoms with E-state index < -0.39 is 11.9 Å². The molecule has 1 atom stereocenters. The van der Waals surface area contributed by atoms with Crippen LogP contribution < -0.4 is 0 Å². The highest BCUT2D eigenvalue weighted by Crippen LogP contribution is 2.39. The van der Waals surface area contributed by atoms with E-state index in [4.69, 9.17) is 4.74 Å². The van der Waals surface area contributed by atoms with E-state index in [1.807, 2.05) is 12.2 Å². The first-order chi connectivity index (χ1) is 15.5. The average Bonchev–Trinajstić information content (AvgIpc) is 3.53. The summed E-state index contributed by atoms with van der Waals surface area (Å²) in [4.78, 5) is 27.0. The van der Waals surface area contributed by atoms with E-state index in [1.54, 1.807) is 54.8 Å². The molecular formula is C24H25ClFN3O3S. The standard InChI is InChI=1S/C24H24FN3O3S.ClH/c1-2-31-22(29)15-28-13-16(12-26-28)11-18-9-10-27(14-21(18)32)23(24(30)17-7-8-17)19-5-3-4-6-20(19)25;/h3-6,9-14,17,23,32H,2,7-8,15H2,1H3;1H/b18-11+;. The summed E-state index contributed by atoms with van der Waals surface area (Å²) in [6.45, 7) is 2.12. The Kier molecular flexibility index (Phi) is 8.15. The molecule has 0 N–H and O–H groups in total. The van der Waals surface area contributed by atoms with Gasteiger partial charge in [0, 0.05) is 40.5 Å². The van der Waals surface area contributed by atoms with E-state index in [0.29, 0.717) is 17.1 Å². The van der Waals surface area contributed by atoms with Crippen molar-refractivity contribution in [2.24, 2.45) is 5.92 Å². The maximum absolute atomic E-state index is 14.5. The fourth-order valence-corrected chi connectivity index (χ4v) is 3.87. The zero-order valence-electron chi connectivity index (χ0n) is 18.1. The summed E-state index contributed by atoms with van der Waals surface area (Å²) in [6.07, 6.45) is 12.3. The van der Waals surface area contributed by atoms with Crippen LogP contribution in [0.15, 0.2) is 65.6 Å². The highest BCUT2D eigenvalue weighted by Gasteiger charge is 2.39. The molecule has 1 unspecified atom stereocenters. The molecule has 4 rings (SSSR count). The fourth-order valence-electron chi connectivity index (χ4n) is 3.60. The van der Waals surface area contributed by atoms with Gasteiger partial charge < -0.3 is 9.64 Å². The topological polar surface area (TPSA) is 64.4 Å². The van der Waals surface area contributed by atoms with Crippen molar-refractivity contribution in [2.45, 2.75) is 32.4 Å². The predicted molar refractivity (Wildman–Crippen MR) is 129 cm³/mol. The molecule has 1 aliphatic heterocycles. The van der Waals surface area contributed by atoms with Crippen LogP contribution >= 0.6 is 25.0 Å². The van der Waals surface area contributed by atoms with Crippen LogP contribution in [0.5, 0.6) is 0 Å². The first-order valence-corrected chi connectivity index (χ1v) is 11.0. The number of Topliss-reactive ketones (excluding diaryl/α,β-unsaturated/α-hetero) is 1. The van der Waals surface area contributed by atoms with Crippen molar-refractivity contribution in [1.29, 1.82) is 0 Å². The van der Waals surface area contributed by atoms with Crippen molar-refractivity contribution in [2.75, 3.05) is 6.61 Å². The zero-order valence-corrected chi connectivity index (χ0v) is 19.8. The van der Waals surface area contributed by atoms with Crippen LogP contribution in [0.1, 0.15) is 36.9 Å². The van der Waals surface area contributed by atoms with Gasteiger partial charge in [-0.2, -0.15) is 5.10 Å². The highest BCUT2D eigenvalue weighted by atomic mass is 35.5. The van der Waals surface area contributed by atoms with Gasteiger partial charge in [-0.15, -0.1) is 25.0 Å². The summed E-state index contributed by atoms with van der Waals surface area (Å²) in [7, 11) is 0. The van der Waals surface area contributed by atoms with Crippen molar-refractivity contribution in [3.63, 3.8) is 0 Å². The highest BCUT2D eigenvalue weighted by molar-refractivity contribution is 7.84. The molecule has 6 nitrogen and oxygen atoms in total. The molecule has 1 fully saturated rings. The zero-order chi connectivity index (χ0) is 22.7. The predicted octanol–water partition coefficient (Wildman–Crippen LogP) is 4.71. The molecule has 1 aromatic carbocycles. The summed E-state index contributed by atoms with van der Waals surface area (Å²) < 4.78 is 21.0. The van der Waals surface area contributed by atoms with Crippen LogP contribution in [0.3, 0.4) is 0 Å². The molecule has 2 aromatic rings. The molecule has 0 amide bonds. The van der Waals surface area contributed by atoms with Crippen LogP contribution in [-0.4, -0.2) is 33.0 Å². The maximum Gasteiger partial charge on any atom is 0.327 e. The molecule has 0 spiro atoms. The van der Waals surface area contributed by atoms with Crippen LogP contribution in [0.25, 0.3) is 6.08 Å². The lowest BCUT2D eigenvalue weighted by molar-refractivity contribution is -0.144. The summed E-state index contributed by atoms with van der Waals surface area (Å²) >= 11 is 4.60. The van der Waals surface area contributed by atoms with Gasteiger partial charge in [0.15, 0.2) is 5.78 Å². The number of rotatable bonds is 8. The third-order valence-electron chi connectivity index (χ3n) is 5.31. The largest absolute Gasteiger partial charge is 0.465 e. The first-order valence-electron chi connectivity index (χ1n) is 10.5. The number of ether oxygens (including phenoxy) is 1. The molecular weight excluding hydrogens is 465 g/mol. The second kappa shape index (κ2) is 10.9. The molecule has 0 radical (unpaired) electrons. The number of halogens is 2. The molecule has 9 heteroatoms. The molecule has 0 saturated heterocycles. The van der Waals surface area contributed by atoms with Crippen molar-refractivity contribution in [1.82, 2.24) is 14.7 Å². The number of hydrogen-bond acceptors (Lipinski definition) is 6. The summed E-state index contributed by atoms with van der Waals surface area (Å²) in [5.74, 6) is -0.751. The Morgan fingerprint density at radius 3 is 2.76 bits per heavy atom. The van der Waals surface area contributed by atoms with E-state index in [0.717, 1.165) is 24.0 Å². The van der Waals surface area contributed by atoms with Crippen molar-refractivity contribution >= 4 is 42.9 Å². The van der Waals surface area contributed by atoms with Crippen LogP contribution in [0.4, 0.5) is 4.39 Å². The number of esters is 1. The molecule has 0 bridgehead atoms. The Bertz CT molecular complexity index is 1120. The Morgan fingerprint density at radius 2 is 2.09 bits per heavy atom. The van der Waals surface area contributed by atoms with Crippen LogP contribution in [0, 0.1) is 11.7 Å². The minimum atomic E-state index is -0.726. The molecule has 2 aliphatic rings. The summed E-state index contributed by atoms with van der Waals surface area (Å²) in [5, 5.41) is 4.18. The minimum Gasteiger partial charge on any atom is -0.465 e. The molecule has 1 aromatic heterocycles. The van der Waals surface area contributed by atoms with Crippen molar-refractivity contribution in [3.8, 4) is 0 Å². The van der Waals surface area contributed by atoms with Gasteiger partial charge in [-0.05, 0) is 43.6 Å². The number of nitrogens with zero attached hydrogens (tertiary/aromatic N) is 3. The lowest BCUT2D eigenvalue weighted by atomic mass is 9.97. The summed E-state index contributed by atoms with van der Waals surface area (Å²) in [6, 6.07) is 5.66. The summed E-state index contributed by atoms with van der Waals surface area (Å²) in [5.41, 5.74) is 1.97. The number of allylic oxidation sites excluding steroid dienone is 2. The van der Waals surface area contributed by atoms with Crippen molar-refractivity contribution < 1.29 is 18.7 Å². The fraction of sp³-hybridized carbons (Fsp3) is 0.292. The third-order valence-corrected chi connectivity index (χ3v) is 5.69. The number of benzene rings is 1. The van der Waals surface area contributed by atoms with Gasteiger partial charge in [-0.25, -0.2) is 4.39 Å². The van der Waals surface area contributed by atoms with Gasteiger partial charge in [-0.3, -0.25) is 14.3 Å². The molecule has 33 heavy (non-hydrogen) atoms. The van der Waals surface area contributed by atoms with Crippen LogP contribution in [-0.2, 0) is 20.9 Å². The Hall–Kier alpha value is -2.84. The average molecular weight is 490 g/mol. The van der Waals surface area contributed by atoms with Gasteiger partial charge in [0.05, 0.1) is 12.8 Å². The first kappa shape index (κ1) is 24.8. The second-order valence-electron chi connectivity index (χ2n) is 7.75. The van der Waals surface area contributed by atoms with Gasteiger partial charge in [-0.1, -0.05) is 18.2 Å². The lowest BCUT2D eigenvalue weighted by Crippen LogP contribution is -2.29. The van der Waals surface area contributed by atoms with E-state index in [1.165, 1.54) is 10.7 Å². The monoisotopic (exact) mass is 489 g/mol. The Balaban J connectivity index is 0.00000306. The maximum atomic E-state index is 14.5. The van der Waals surface area contributed by atoms with Gasteiger partial charge >= 0.3 is 5.97 Å². The van der Waals surface area contributed by atoms with Gasteiger partial charge in [0.1, 0.15) is 18.4 Å². The molecule has 1 saturated carbocycles. The lowest BCUT2D eigenvalue weighted by Gasteiger charge is -2.30. The minimum absolute atomic E-state index is 0. The number of carbonyl (C=O) groups excluding carboxylic acids is 2. The quantitative estimate of drug-likeness (QED) is 0.429. The molecule has 2 heterocycles. The van der Waals surface area contributed by atoms with E-state index in [2.05, 4.69) is 17.7 Å². The van der Waals surface area contributed by atoms with Crippen LogP contribution in [0.2, 0.25) is 0 Å².